The smallest absolute Gasteiger partial charge is 0.320 e. The Kier molecular flexibility index (Phi) is 2.51. The van der Waals surface area contributed by atoms with Crippen LogP contribution in [0.15, 0.2) is 6.33 Å². The van der Waals surface area contributed by atoms with Crippen LogP contribution in [0.25, 0.3) is 0 Å². The number of nitrogens with zero attached hydrogens (tertiary/aromatic N) is 4. The van der Waals surface area contributed by atoms with Crippen molar-refractivity contribution < 1.29 is 4.79 Å². The number of amides is 2. The monoisotopic (exact) mass is 235 g/mol. The van der Waals surface area contributed by atoms with Crippen molar-refractivity contribution in [2.24, 2.45) is 0 Å². The molecule has 0 aromatic carbocycles. The van der Waals surface area contributed by atoms with Gasteiger partial charge in [-0.15, -0.1) is 0 Å². The van der Waals surface area contributed by atoms with E-state index in [0.717, 1.165) is 37.6 Å². The molecule has 2 amide bonds. The van der Waals surface area contributed by atoms with Crippen LogP contribution in [0.5, 0.6) is 0 Å². The fourth-order valence-electron chi connectivity index (χ4n) is 2.38. The second kappa shape index (κ2) is 4.03. The number of aromatic nitrogens is 2. The fraction of sp³-hybridized carbons (Fsp3) is 0.636. The van der Waals surface area contributed by atoms with Crippen LogP contribution in [0.2, 0.25) is 0 Å². The predicted molar refractivity (Wildman–Crippen MR) is 62.3 cm³/mol. The highest BCUT2D eigenvalue weighted by atomic mass is 16.2. The molecule has 0 bridgehead atoms. The van der Waals surface area contributed by atoms with Gasteiger partial charge in [0, 0.05) is 26.2 Å². The van der Waals surface area contributed by atoms with Gasteiger partial charge in [0.15, 0.2) is 0 Å². The number of hydrogen-bond acceptors (Lipinski definition) is 3. The summed E-state index contributed by atoms with van der Waals surface area (Å²) in [5.74, 6) is 0. The first-order valence-electron chi connectivity index (χ1n) is 5.97. The summed E-state index contributed by atoms with van der Waals surface area (Å²) in [6.07, 6.45) is 1.70. The average Bonchev–Trinajstić information content (AvgIpc) is 2.89. The van der Waals surface area contributed by atoms with Gasteiger partial charge < -0.3 is 19.7 Å². The van der Waals surface area contributed by atoms with Crippen LogP contribution >= 0.6 is 0 Å². The Morgan fingerprint density at radius 3 is 2.71 bits per heavy atom. The van der Waals surface area contributed by atoms with Gasteiger partial charge in [0.1, 0.15) is 0 Å². The van der Waals surface area contributed by atoms with Gasteiger partial charge in [-0.25, -0.2) is 9.78 Å². The molecule has 1 N–H and O–H groups in total. The zero-order valence-electron chi connectivity index (χ0n) is 10.0. The van der Waals surface area contributed by atoms with Crippen LogP contribution in [0.4, 0.5) is 4.79 Å². The van der Waals surface area contributed by atoms with Crippen LogP contribution in [0, 0.1) is 0 Å². The summed E-state index contributed by atoms with van der Waals surface area (Å²) < 4.78 is 0. The molecule has 92 valence electrons. The molecule has 3 heterocycles. The molecular formula is C11H17N5O. The number of fused-ring (bicyclic) bond motifs is 1. The third-order valence-corrected chi connectivity index (χ3v) is 3.54. The van der Waals surface area contributed by atoms with Gasteiger partial charge in [-0.1, -0.05) is 0 Å². The molecular weight excluding hydrogens is 218 g/mol. The summed E-state index contributed by atoms with van der Waals surface area (Å²) in [5, 5.41) is 0. The second-order valence-corrected chi connectivity index (χ2v) is 4.76. The lowest BCUT2D eigenvalue weighted by atomic mass is 10.3. The highest BCUT2D eigenvalue weighted by Crippen LogP contribution is 2.20. The van der Waals surface area contributed by atoms with Crippen LogP contribution in [0.1, 0.15) is 11.4 Å². The molecule has 6 nitrogen and oxygen atoms in total. The minimum absolute atomic E-state index is 0.143. The molecule has 0 radical (unpaired) electrons. The van der Waals surface area contributed by atoms with E-state index in [2.05, 4.69) is 21.9 Å². The highest BCUT2D eigenvalue weighted by molar-refractivity contribution is 5.75. The minimum atomic E-state index is 0.143. The number of carbonyl (C=O) groups excluding carboxylic acids is 1. The van der Waals surface area contributed by atoms with Crippen molar-refractivity contribution in [1.82, 2.24) is 24.7 Å². The van der Waals surface area contributed by atoms with E-state index >= 15 is 0 Å². The predicted octanol–water partition coefficient (Wildman–Crippen LogP) is 0.0927. The Morgan fingerprint density at radius 2 is 2.00 bits per heavy atom. The lowest BCUT2D eigenvalue weighted by molar-refractivity contribution is 0.121. The van der Waals surface area contributed by atoms with Crippen molar-refractivity contribution in [3.8, 4) is 0 Å². The molecule has 0 spiro atoms. The maximum absolute atomic E-state index is 12.3. The third kappa shape index (κ3) is 1.88. The SMILES string of the molecule is CN1CCN(C(=O)N2Cc3nc[nH]c3C2)CC1. The zero-order chi connectivity index (χ0) is 11.8. The number of hydrogen-bond donors (Lipinski definition) is 1. The van der Waals surface area contributed by atoms with Crippen LogP contribution in [0.3, 0.4) is 0 Å². The number of piperazine rings is 1. The van der Waals surface area contributed by atoms with Crippen molar-refractivity contribution in [2.75, 3.05) is 33.2 Å². The van der Waals surface area contributed by atoms with Crippen LogP contribution < -0.4 is 0 Å². The Balaban J connectivity index is 1.63. The van der Waals surface area contributed by atoms with Gasteiger partial charge in [-0.05, 0) is 7.05 Å². The first kappa shape index (κ1) is 10.6. The van der Waals surface area contributed by atoms with Gasteiger partial charge in [-0.3, -0.25) is 0 Å². The van der Waals surface area contributed by atoms with Crippen molar-refractivity contribution in [2.45, 2.75) is 13.1 Å². The van der Waals surface area contributed by atoms with E-state index in [0.29, 0.717) is 13.1 Å². The number of aromatic amines is 1. The average molecular weight is 235 g/mol. The number of urea groups is 1. The number of imidazole rings is 1. The summed E-state index contributed by atoms with van der Waals surface area (Å²) in [6, 6.07) is 0.143. The molecule has 1 saturated heterocycles. The molecule has 1 aromatic rings. The van der Waals surface area contributed by atoms with Gasteiger partial charge in [-0.2, -0.15) is 0 Å². The first-order chi connectivity index (χ1) is 8.24. The van der Waals surface area contributed by atoms with Gasteiger partial charge in [0.25, 0.3) is 0 Å². The summed E-state index contributed by atoms with van der Waals surface area (Å²) in [5.41, 5.74) is 2.08. The topological polar surface area (TPSA) is 55.5 Å². The van der Waals surface area contributed by atoms with E-state index < -0.39 is 0 Å². The largest absolute Gasteiger partial charge is 0.347 e. The number of nitrogens with one attached hydrogen (secondary N) is 1. The number of carbonyl (C=O) groups is 1. The second-order valence-electron chi connectivity index (χ2n) is 4.76. The fourth-order valence-corrected chi connectivity index (χ4v) is 2.38. The van der Waals surface area contributed by atoms with Crippen LogP contribution in [-0.4, -0.2) is 63.9 Å². The summed E-state index contributed by atoms with van der Waals surface area (Å²) in [4.78, 5) is 25.6. The summed E-state index contributed by atoms with van der Waals surface area (Å²) >= 11 is 0. The standard InChI is InChI=1S/C11H17N5O/c1-14-2-4-15(5-3-14)11(17)16-6-9-10(7-16)13-8-12-9/h8H,2-7H2,1H3,(H,12,13). The Labute approximate surface area is 100 Å². The Morgan fingerprint density at radius 1 is 1.24 bits per heavy atom. The van der Waals surface area contributed by atoms with Gasteiger partial charge >= 0.3 is 6.03 Å². The van der Waals surface area contributed by atoms with E-state index in [1.165, 1.54) is 0 Å². The van der Waals surface area contributed by atoms with E-state index in [4.69, 9.17) is 0 Å². The molecule has 1 aromatic heterocycles. The molecule has 0 saturated carbocycles. The maximum Gasteiger partial charge on any atom is 0.320 e. The molecule has 6 heteroatoms. The molecule has 0 unspecified atom stereocenters. The van der Waals surface area contributed by atoms with Crippen LogP contribution in [-0.2, 0) is 13.1 Å². The quantitative estimate of drug-likeness (QED) is 0.693. The Hall–Kier alpha value is -1.56. The molecule has 2 aliphatic heterocycles. The normalized spacial score (nSPS) is 20.8. The Bertz CT molecular complexity index is 401. The molecule has 0 atom stereocenters. The lowest BCUT2D eigenvalue weighted by Gasteiger charge is -2.34. The molecule has 0 aliphatic carbocycles. The summed E-state index contributed by atoms with van der Waals surface area (Å²) in [6.45, 7) is 4.89. The molecule has 1 fully saturated rings. The van der Waals surface area contributed by atoms with Crippen molar-refractivity contribution in [3.63, 3.8) is 0 Å². The minimum Gasteiger partial charge on any atom is -0.347 e. The zero-order valence-corrected chi connectivity index (χ0v) is 10.0. The van der Waals surface area contributed by atoms with E-state index in [-0.39, 0.29) is 6.03 Å². The molecule has 3 rings (SSSR count). The van der Waals surface area contributed by atoms with E-state index in [1.807, 2.05) is 9.80 Å². The van der Waals surface area contributed by atoms with E-state index in [9.17, 15) is 4.79 Å². The van der Waals surface area contributed by atoms with Crippen molar-refractivity contribution >= 4 is 6.03 Å². The molecule has 2 aliphatic rings. The highest BCUT2D eigenvalue weighted by Gasteiger charge is 2.29. The van der Waals surface area contributed by atoms with E-state index in [1.54, 1.807) is 6.33 Å². The first-order valence-corrected chi connectivity index (χ1v) is 5.97. The van der Waals surface area contributed by atoms with Gasteiger partial charge in [0.05, 0.1) is 30.8 Å². The number of likely N-dealkylation sites (N-methyl/N-ethyl adjacent to an activating group) is 1. The summed E-state index contributed by atoms with van der Waals surface area (Å²) in [7, 11) is 2.09. The third-order valence-electron chi connectivity index (χ3n) is 3.54. The van der Waals surface area contributed by atoms with Crippen molar-refractivity contribution in [3.05, 3.63) is 17.7 Å². The van der Waals surface area contributed by atoms with Crippen molar-refractivity contribution in [1.29, 1.82) is 0 Å². The number of H-pyrrole nitrogens is 1. The lowest BCUT2D eigenvalue weighted by Crippen LogP contribution is -2.50. The number of rotatable bonds is 0. The molecule has 17 heavy (non-hydrogen) atoms. The van der Waals surface area contributed by atoms with Gasteiger partial charge in [0.2, 0.25) is 0 Å². The maximum atomic E-state index is 12.3.